The molecule has 1 saturated heterocycles. The maximum atomic E-state index is 5.80. The highest BCUT2D eigenvalue weighted by molar-refractivity contribution is 4.97. The van der Waals surface area contributed by atoms with Crippen LogP contribution in [0.5, 0.6) is 0 Å². The van der Waals surface area contributed by atoms with Gasteiger partial charge in [0, 0.05) is 25.7 Å². The van der Waals surface area contributed by atoms with Crippen molar-refractivity contribution in [1.82, 2.24) is 19.9 Å². The van der Waals surface area contributed by atoms with E-state index >= 15 is 0 Å². The number of rotatable bonds is 5. The highest BCUT2D eigenvalue weighted by Gasteiger charge is 2.21. The molecule has 0 spiro atoms. The minimum Gasteiger partial charge on any atom is -0.374 e. The molecular weight excluding hydrogens is 242 g/mol. The van der Waals surface area contributed by atoms with E-state index in [1.165, 1.54) is 0 Å². The molecule has 0 bridgehead atoms. The number of nitrogens with two attached hydrogens (primary N) is 1. The van der Waals surface area contributed by atoms with Gasteiger partial charge >= 0.3 is 0 Å². The van der Waals surface area contributed by atoms with E-state index in [1.807, 2.05) is 17.8 Å². The molecule has 2 atom stereocenters. The fourth-order valence-corrected chi connectivity index (χ4v) is 2.39. The number of morpholine rings is 1. The number of nitrogens with zero attached hydrogens (tertiary/aromatic N) is 4. The van der Waals surface area contributed by atoms with E-state index in [9.17, 15) is 0 Å². The summed E-state index contributed by atoms with van der Waals surface area (Å²) in [5.41, 5.74) is 6.61. The molecule has 19 heavy (non-hydrogen) atoms. The summed E-state index contributed by atoms with van der Waals surface area (Å²) in [5.74, 6) is 0.690. The van der Waals surface area contributed by atoms with Gasteiger partial charge in [0.05, 0.1) is 31.1 Å². The van der Waals surface area contributed by atoms with E-state index < -0.39 is 0 Å². The number of aromatic nitrogens is 3. The van der Waals surface area contributed by atoms with Gasteiger partial charge in [0.1, 0.15) is 0 Å². The molecule has 1 aromatic rings. The fourth-order valence-electron chi connectivity index (χ4n) is 2.39. The second kappa shape index (κ2) is 6.45. The summed E-state index contributed by atoms with van der Waals surface area (Å²) in [6.07, 6.45) is 2.10. The van der Waals surface area contributed by atoms with Gasteiger partial charge < -0.3 is 10.5 Å². The summed E-state index contributed by atoms with van der Waals surface area (Å²) in [4.78, 5) is 2.46. The summed E-state index contributed by atoms with van der Waals surface area (Å²) in [5, 5.41) is 8.17. The molecule has 1 aliphatic heterocycles. The zero-order valence-electron chi connectivity index (χ0n) is 12.1. The minimum absolute atomic E-state index is 0.0709. The molecule has 1 fully saturated rings. The zero-order valence-corrected chi connectivity index (χ0v) is 12.1. The van der Waals surface area contributed by atoms with Gasteiger partial charge in [0.25, 0.3) is 0 Å². The Balaban J connectivity index is 1.87. The first-order valence-electron chi connectivity index (χ1n) is 7.04. The topological polar surface area (TPSA) is 69.2 Å². The van der Waals surface area contributed by atoms with Gasteiger partial charge in [0.15, 0.2) is 0 Å². The van der Waals surface area contributed by atoms with Crippen molar-refractivity contribution in [3.05, 3.63) is 11.9 Å². The van der Waals surface area contributed by atoms with Crippen molar-refractivity contribution in [2.45, 2.75) is 39.5 Å². The standard InChI is InChI=1S/C13H25N5O/c1-10(2)6-17-4-5-19-12(7-17)8-18-9-13(11(3)14)15-16-18/h9-12H,4-8,14H2,1-3H3. The maximum Gasteiger partial charge on any atom is 0.0991 e. The quantitative estimate of drug-likeness (QED) is 0.848. The van der Waals surface area contributed by atoms with E-state index in [4.69, 9.17) is 10.5 Å². The minimum atomic E-state index is -0.0709. The van der Waals surface area contributed by atoms with E-state index in [0.29, 0.717) is 5.92 Å². The summed E-state index contributed by atoms with van der Waals surface area (Å²) in [7, 11) is 0. The van der Waals surface area contributed by atoms with Crippen molar-refractivity contribution in [2.75, 3.05) is 26.2 Å². The van der Waals surface area contributed by atoms with Crippen LogP contribution in [0.2, 0.25) is 0 Å². The Morgan fingerprint density at radius 2 is 2.26 bits per heavy atom. The van der Waals surface area contributed by atoms with Gasteiger partial charge in [-0.25, -0.2) is 4.68 Å². The van der Waals surface area contributed by atoms with Crippen LogP contribution in [-0.2, 0) is 11.3 Å². The molecule has 0 aromatic carbocycles. The average Bonchev–Trinajstić information content (AvgIpc) is 2.77. The Morgan fingerprint density at radius 1 is 1.47 bits per heavy atom. The second-order valence-corrected chi connectivity index (χ2v) is 5.80. The average molecular weight is 267 g/mol. The molecule has 0 radical (unpaired) electrons. The van der Waals surface area contributed by atoms with E-state index in [-0.39, 0.29) is 12.1 Å². The summed E-state index contributed by atoms with van der Waals surface area (Å²) in [6.45, 7) is 11.1. The van der Waals surface area contributed by atoms with Crippen LogP contribution in [0.4, 0.5) is 0 Å². The molecule has 1 aliphatic rings. The van der Waals surface area contributed by atoms with Crippen molar-refractivity contribution in [3.63, 3.8) is 0 Å². The summed E-state index contributed by atoms with van der Waals surface area (Å²) >= 11 is 0. The van der Waals surface area contributed by atoms with Crippen LogP contribution in [0.15, 0.2) is 6.20 Å². The van der Waals surface area contributed by atoms with Crippen LogP contribution in [0.3, 0.4) is 0 Å². The van der Waals surface area contributed by atoms with Gasteiger partial charge in [-0.05, 0) is 12.8 Å². The third kappa shape index (κ3) is 4.26. The third-order valence-electron chi connectivity index (χ3n) is 3.26. The van der Waals surface area contributed by atoms with Crippen molar-refractivity contribution >= 4 is 0 Å². The van der Waals surface area contributed by atoms with E-state index in [2.05, 4.69) is 29.1 Å². The van der Waals surface area contributed by atoms with Crippen LogP contribution in [0, 0.1) is 5.92 Å². The molecule has 0 amide bonds. The van der Waals surface area contributed by atoms with Crippen LogP contribution in [-0.4, -0.2) is 52.2 Å². The van der Waals surface area contributed by atoms with Crippen LogP contribution < -0.4 is 5.73 Å². The highest BCUT2D eigenvalue weighted by Crippen LogP contribution is 2.10. The molecule has 6 heteroatoms. The molecule has 2 N–H and O–H groups in total. The zero-order chi connectivity index (χ0) is 13.8. The van der Waals surface area contributed by atoms with Crippen molar-refractivity contribution < 1.29 is 4.74 Å². The highest BCUT2D eigenvalue weighted by atomic mass is 16.5. The van der Waals surface area contributed by atoms with Gasteiger partial charge in [0.2, 0.25) is 0 Å². The van der Waals surface area contributed by atoms with Gasteiger partial charge in [-0.1, -0.05) is 19.1 Å². The molecule has 6 nitrogen and oxygen atoms in total. The van der Waals surface area contributed by atoms with Crippen molar-refractivity contribution in [1.29, 1.82) is 0 Å². The maximum absolute atomic E-state index is 5.80. The molecule has 1 aromatic heterocycles. The Morgan fingerprint density at radius 3 is 2.89 bits per heavy atom. The lowest BCUT2D eigenvalue weighted by atomic mass is 10.2. The van der Waals surface area contributed by atoms with Crippen molar-refractivity contribution in [2.24, 2.45) is 11.7 Å². The normalized spacial score (nSPS) is 22.9. The lowest BCUT2D eigenvalue weighted by Gasteiger charge is -2.33. The summed E-state index contributed by atoms with van der Waals surface area (Å²) in [6, 6.07) is -0.0709. The van der Waals surface area contributed by atoms with Gasteiger partial charge in [-0.3, -0.25) is 4.90 Å². The van der Waals surface area contributed by atoms with E-state index in [1.54, 1.807) is 0 Å². The second-order valence-electron chi connectivity index (χ2n) is 5.80. The molecule has 0 aliphatic carbocycles. The van der Waals surface area contributed by atoms with Gasteiger partial charge in [-0.2, -0.15) is 0 Å². The molecule has 2 heterocycles. The Kier molecular flexibility index (Phi) is 4.90. The number of hydrogen-bond acceptors (Lipinski definition) is 5. The smallest absolute Gasteiger partial charge is 0.0991 e. The largest absolute Gasteiger partial charge is 0.374 e. The first kappa shape index (κ1) is 14.4. The third-order valence-corrected chi connectivity index (χ3v) is 3.26. The molecular formula is C13H25N5O. The summed E-state index contributed by atoms with van der Waals surface area (Å²) < 4.78 is 7.64. The lowest BCUT2D eigenvalue weighted by Crippen LogP contribution is -2.45. The van der Waals surface area contributed by atoms with Crippen molar-refractivity contribution in [3.8, 4) is 0 Å². The molecule has 108 valence electrons. The molecule has 0 saturated carbocycles. The van der Waals surface area contributed by atoms with Crippen LogP contribution in [0.1, 0.15) is 32.5 Å². The first-order chi connectivity index (χ1) is 9.04. The predicted molar refractivity (Wildman–Crippen MR) is 73.6 cm³/mol. The lowest BCUT2D eigenvalue weighted by molar-refractivity contribution is -0.0406. The Bertz CT molecular complexity index is 390. The van der Waals surface area contributed by atoms with E-state index in [0.717, 1.165) is 38.5 Å². The first-order valence-corrected chi connectivity index (χ1v) is 7.04. The Labute approximate surface area is 114 Å². The van der Waals surface area contributed by atoms with Crippen LogP contribution in [0.25, 0.3) is 0 Å². The fraction of sp³-hybridized carbons (Fsp3) is 0.846. The van der Waals surface area contributed by atoms with Gasteiger partial charge in [-0.15, -0.1) is 5.10 Å². The monoisotopic (exact) mass is 267 g/mol. The Hall–Kier alpha value is -0.980. The number of hydrogen-bond donors (Lipinski definition) is 1. The SMILES string of the molecule is CC(C)CN1CCOC(Cn2cc(C(C)N)nn2)C1. The van der Waals surface area contributed by atoms with Crippen LogP contribution >= 0.6 is 0 Å². The number of ether oxygens (including phenoxy) is 1. The molecule has 2 rings (SSSR count). The predicted octanol–water partition coefficient (Wildman–Crippen LogP) is 0.655. The molecule has 2 unspecified atom stereocenters.